The molecule has 8 nitrogen and oxygen atoms in total. The van der Waals surface area contributed by atoms with E-state index < -0.39 is 28.0 Å². The van der Waals surface area contributed by atoms with Crippen LogP contribution in [0.15, 0.2) is 18.2 Å². The maximum absolute atomic E-state index is 14.5. The molecule has 1 N–H and O–H groups in total. The molecule has 2 saturated heterocycles. The van der Waals surface area contributed by atoms with Crippen molar-refractivity contribution in [2.24, 2.45) is 0 Å². The molecule has 1 atom stereocenters. The van der Waals surface area contributed by atoms with Crippen molar-refractivity contribution in [2.45, 2.75) is 6.10 Å². The zero-order valence-electron chi connectivity index (χ0n) is 14.6. The number of nitrogens with zero attached hydrogens (tertiary/aromatic N) is 2. The van der Waals surface area contributed by atoms with Crippen LogP contribution in [0.4, 0.5) is 20.6 Å². The first kappa shape index (κ1) is 20.1. The molecule has 1 aromatic rings. The van der Waals surface area contributed by atoms with Crippen LogP contribution in [-0.2, 0) is 19.5 Å². The molecule has 0 radical (unpaired) electrons. The highest BCUT2D eigenvalue weighted by atomic mass is 35.5. The van der Waals surface area contributed by atoms with Crippen molar-refractivity contribution in [3.63, 3.8) is 0 Å². The summed E-state index contributed by atoms with van der Waals surface area (Å²) < 4.78 is 50.6. The molecule has 2 heterocycles. The summed E-state index contributed by atoms with van der Waals surface area (Å²) in [6, 6.07) is 4.56. The van der Waals surface area contributed by atoms with E-state index in [1.165, 1.54) is 11.0 Å². The van der Waals surface area contributed by atoms with E-state index in [1.54, 1.807) is 12.1 Å². The van der Waals surface area contributed by atoms with E-state index in [1.807, 2.05) is 4.90 Å². The predicted molar refractivity (Wildman–Crippen MR) is 99.6 cm³/mol. The molecule has 3 rings (SSSR count). The highest BCUT2D eigenvalue weighted by molar-refractivity contribution is 7.89. The molecule has 1 aromatic carbocycles. The molecule has 11 heteroatoms. The smallest absolute Gasteiger partial charge is 0.414 e. The lowest BCUT2D eigenvalue weighted by Crippen LogP contribution is -2.37. The summed E-state index contributed by atoms with van der Waals surface area (Å²) >= 11 is 5.43. The molecular weight excluding hydrogens is 401 g/mol. The second-order valence-corrected chi connectivity index (χ2v) is 8.51. The third kappa shape index (κ3) is 5.01. The summed E-state index contributed by atoms with van der Waals surface area (Å²) in [6.07, 6.45) is -1.31. The van der Waals surface area contributed by atoms with Gasteiger partial charge in [-0.25, -0.2) is 22.3 Å². The molecule has 1 amide bonds. The zero-order valence-corrected chi connectivity index (χ0v) is 16.1. The van der Waals surface area contributed by atoms with Gasteiger partial charge in [0.1, 0.15) is 11.9 Å². The van der Waals surface area contributed by atoms with Crippen molar-refractivity contribution in [3.8, 4) is 0 Å². The number of halogens is 2. The van der Waals surface area contributed by atoms with Crippen LogP contribution in [0.5, 0.6) is 0 Å². The van der Waals surface area contributed by atoms with Gasteiger partial charge >= 0.3 is 6.09 Å². The number of ether oxygens (including phenoxy) is 2. The number of anilines is 2. The Hall–Kier alpha value is -1.62. The molecule has 27 heavy (non-hydrogen) atoms. The van der Waals surface area contributed by atoms with E-state index in [-0.39, 0.29) is 24.7 Å². The average Bonchev–Trinajstić information content (AvgIpc) is 3.01. The Morgan fingerprint density at radius 1 is 1.30 bits per heavy atom. The van der Waals surface area contributed by atoms with Crippen LogP contribution < -0.4 is 14.5 Å². The van der Waals surface area contributed by atoms with Crippen molar-refractivity contribution in [1.29, 1.82) is 0 Å². The van der Waals surface area contributed by atoms with Gasteiger partial charge in [0.15, 0.2) is 0 Å². The normalized spacial score (nSPS) is 20.8. The van der Waals surface area contributed by atoms with E-state index in [4.69, 9.17) is 21.1 Å². The second kappa shape index (κ2) is 8.59. The number of carbonyl (C=O) groups is 1. The molecule has 0 spiro atoms. The Balaban J connectivity index is 1.64. The average molecular weight is 422 g/mol. The number of amides is 1. The third-order valence-electron chi connectivity index (χ3n) is 4.35. The van der Waals surface area contributed by atoms with E-state index >= 15 is 0 Å². The number of morpholine rings is 1. The van der Waals surface area contributed by atoms with E-state index in [0.29, 0.717) is 37.7 Å². The molecule has 2 fully saturated rings. The van der Waals surface area contributed by atoms with Crippen LogP contribution in [0.3, 0.4) is 0 Å². The minimum absolute atomic E-state index is 0.0271. The number of nitrogens with one attached hydrogen (secondary N) is 1. The predicted octanol–water partition coefficient (Wildman–Crippen LogP) is 1.15. The molecule has 0 aromatic heterocycles. The first-order chi connectivity index (χ1) is 12.9. The first-order valence-corrected chi connectivity index (χ1v) is 10.7. The first-order valence-electron chi connectivity index (χ1n) is 8.53. The van der Waals surface area contributed by atoms with Gasteiger partial charge < -0.3 is 14.4 Å². The maximum atomic E-state index is 14.5. The summed E-state index contributed by atoms with van der Waals surface area (Å²) in [5.74, 6) is -0.679. The van der Waals surface area contributed by atoms with Gasteiger partial charge in [-0.1, -0.05) is 0 Å². The van der Waals surface area contributed by atoms with Crippen LogP contribution in [0.2, 0.25) is 0 Å². The quantitative estimate of drug-likeness (QED) is 0.664. The number of rotatable bonds is 7. The van der Waals surface area contributed by atoms with Gasteiger partial charge in [-0.05, 0) is 18.2 Å². The number of sulfonamides is 1. The molecular formula is C16H21ClFN3O5S. The van der Waals surface area contributed by atoms with E-state index in [9.17, 15) is 17.6 Å². The SMILES string of the molecule is O=C1O[C@@H](CNS(=O)(=O)CCCl)CN1c1ccc(N2CCOCC2)c(F)c1. The minimum atomic E-state index is -3.51. The van der Waals surface area contributed by atoms with Crippen molar-refractivity contribution in [3.05, 3.63) is 24.0 Å². The fourth-order valence-electron chi connectivity index (χ4n) is 2.96. The van der Waals surface area contributed by atoms with Gasteiger partial charge in [0.2, 0.25) is 10.0 Å². The third-order valence-corrected chi connectivity index (χ3v) is 6.11. The van der Waals surface area contributed by atoms with Gasteiger partial charge in [-0.15, -0.1) is 11.6 Å². The van der Waals surface area contributed by atoms with Crippen molar-refractivity contribution >= 4 is 39.1 Å². The monoisotopic (exact) mass is 421 g/mol. The Kier molecular flexibility index (Phi) is 6.40. The van der Waals surface area contributed by atoms with Crippen LogP contribution >= 0.6 is 11.6 Å². The number of hydrogen-bond donors (Lipinski definition) is 1. The molecule has 0 aliphatic carbocycles. The highest BCUT2D eigenvalue weighted by Gasteiger charge is 2.33. The number of carbonyl (C=O) groups excluding carboxylic acids is 1. The van der Waals surface area contributed by atoms with Gasteiger partial charge in [0.25, 0.3) is 0 Å². The van der Waals surface area contributed by atoms with Crippen LogP contribution in [-0.4, -0.2) is 71.6 Å². The molecule has 0 bridgehead atoms. The molecule has 0 unspecified atom stereocenters. The second-order valence-electron chi connectivity index (χ2n) is 6.21. The standard InChI is InChI=1S/C16H21ClFN3O5S/c17-3-8-27(23,24)19-10-13-11-21(16(22)26-13)12-1-2-15(14(18)9-12)20-4-6-25-7-5-20/h1-2,9,13,19H,3-8,10-11H2/t13-/m0/s1. The summed E-state index contributed by atoms with van der Waals surface area (Å²) in [6.45, 7) is 2.36. The lowest BCUT2D eigenvalue weighted by molar-refractivity contribution is 0.122. The Bertz CT molecular complexity index is 788. The number of hydrogen-bond acceptors (Lipinski definition) is 6. The topological polar surface area (TPSA) is 88.2 Å². The highest BCUT2D eigenvalue weighted by Crippen LogP contribution is 2.28. The fourth-order valence-corrected chi connectivity index (χ4v) is 4.35. The summed E-state index contributed by atoms with van der Waals surface area (Å²) in [5.41, 5.74) is 0.820. The molecule has 150 valence electrons. The van der Waals surface area contributed by atoms with Crippen molar-refractivity contribution in [2.75, 3.05) is 60.8 Å². The number of alkyl halides is 1. The van der Waals surface area contributed by atoms with Gasteiger partial charge in [0.05, 0.1) is 36.9 Å². The van der Waals surface area contributed by atoms with Gasteiger partial charge in [-0.2, -0.15) is 0 Å². The van der Waals surface area contributed by atoms with Crippen molar-refractivity contribution < 1.29 is 27.1 Å². The maximum Gasteiger partial charge on any atom is 0.414 e. The zero-order chi connectivity index (χ0) is 19.4. The number of cyclic esters (lactones) is 1. The number of benzene rings is 1. The van der Waals surface area contributed by atoms with Crippen LogP contribution in [0.1, 0.15) is 0 Å². The summed E-state index contributed by atoms with van der Waals surface area (Å²) in [4.78, 5) is 15.3. The van der Waals surface area contributed by atoms with Gasteiger partial charge in [0, 0.05) is 25.5 Å². The Morgan fingerprint density at radius 3 is 2.70 bits per heavy atom. The Labute approximate surface area is 162 Å². The molecule has 2 aliphatic rings. The largest absolute Gasteiger partial charge is 0.443 e. The molecule has 0 saturated carbocycles. The summed E-state index contributed by atoms with van der Waals surface area (Å²) in [5, 5.41) is 0. The van der Waals surface area contributed by atoms with Crippen LogP contribution in [0.25, 0.3) is 0 Å². The Morgan fingerprint density at radius 2 is 2.04 bits per heavy atom. The van der Waals surface area contributed by atoms with E-state index in [2.05, 4.69) is 4.72 Å². The van der Waals surface area contributed by atoms with Gasteiger partial charge in [-0.3, -0.25) is 4.90 Å². The summed E-state index contributed by atoms with van der Waals surface area (Å²) in [7, 11) is -3.51. The minimum Gasteiger partial charge on any atom is -0.443 e. The molecule has 2 aliphatic heterocycles. The van der Waals surface area contributed by atoms with E-state index in [0.717, 1.165) is 0 Å². The van der Waals surface area contributed by atoms with Crippen LogP contribution in [0, 0.1) is 5.82 Å². The van der Waals surface area contributed by atoms with Crippen molar-refractivity contribution in [1.82, 2.24) is 4.72 Å². The lowest BCUT2D eigenvalue weighted by Gasteiger charge is -2.29. The lowest BCUT2D eigenvalue weighted by atomic mass is 10.2. The fraction of sp³-hybridized carbons (Fsp3) is 0.562.